The first-order valence-corrected chi connectivity index (χ1v) is 6.27. The van der Waals surface area contributed by atoms with Crippen LogP contribution < -0.4 is 10.6 Å². The molecule has 1 aromatic carbocycles. The van der Waals surface area contributed by atoms with Crippen LogP contribution in [0.4, 0.5) is 10.5 Å². The quantitative estimate of drug-likeness (QED) is 0.350. The van der Waals surface area contributed by atoms with Crippen LogP contribution in [0.5, 0.6) is 0 Å². The lowest BCUT2D eigenvalue weighted by atomic mass is 10.2. The molecule has 1 fully saturated rings. The van der Waals surface area contributed by atoms with Crippen LogP contribution in [0.25, 0.3) is 0 Å². The molecular formula is C13H16N4O3. The fourth-order valence-corrected chi connectivity index (χ4v) is 1.91. The van der Waals surface area contributed by atoms with Gasteiger partial charge in [-0.25, -0.2) is 4.79 Å². The fraction of sp³-hybridized carbons (Fsp3) is 0.308. The Kier molecular flexibility index (Phi) is 4.19. The number of carbonyl (C=O) groups is 2. The molecule has 0 aromatic heterocycles. The van der Waals surface area contributed by atoms with Gasteiger partial charge in [0, 0.05) is 43.9 Å². The number of nitrogens with one attached hydrogen (secondary N) is 2. The molecule has 1 heterocycles. The molecule has 20 heavy (non-hydrogen) atoms. The minimum atomic E-state index is -0.238. The molecule has 2 N–H and O–H groups in total. The van der Waals surface area contributed by atoms with Crippen molar-refractivity contribution >= 4 is 24.3 Å². The Labute approximate surface area is 116 Å². The largest absolute Gasteiger partial charge is 0.619 e. The van der Waals surface area contributed by atoms with Gasteiger partial charge in [-0.05, 0) is 12.1 Å². The minimum absolute atomic E-state index is 0.102. The Balaban J connectivity index is 1.82. The number of hydrogen-bond acceptors (Lipinski definition) is 3. The molecule has 1 aliphatic heterocycles. The van der Waals surface area contributed by atoms with Crippen molar-refractivity contribution in [3.8, 4) is 0 Å². The lowest BCUT2D eigenvalue weighted by Gasteiger charge is -2.14. The summed E-state index contributed by atoms with van der Waals surface area (Å²) < 4.78 is 0.480. The number of rotatable bonds is 5. The third-order valence-electron chi connectivity index (χ3n) is 3.03. The Morgan fingerprint density at radius 2 is 2.15 bits per heavy atom. The van der Waals surface area contributed by atoms with E-state index in [1.807, 2.05) is 0 Å². The van der Waals surface area contributed by atoms with Gasteiger partial charge in [-0.1, -0.05) is 0 Å². The van der Waals surface area contributed by atoms with Crippen LogP contribution in [0.3, 0.4) is 0 Å². The molecule has 0 bridgehead atoms. The van der Waals surface area contributed by atoms with E-state index >= 15 is 0 Å². The highest BCUT2D eigenvalue weighted by atomic mass is 16.5. The molecule has 1 aliphatic rings. The molecule has 0 aliphatic carbocycles. The first-order valence-electron chi connectivity index (χ1n) is 6.27. The van der Waals surface area contributed by atoms with E-state index in [0.717, 1.165) is 0 Å². The molecule has 7 nitrogen and oxygen atoms in total. The van der Waals surface area contributed by atoms with Crippen molar-refractivity contribution in [1.82, 2.24) is 15.5 Å². The van der Waals surface area contributed by atoms with Gasteiger partial charge in [0.25, 0.3) is 5.91 Å². The van der Waals surface area contributed by atoms with Crippen molar-refractivity contribution in [2.24, 2.45) is 0 Å². The predicted octanol–water partition coefficient (Wildman–Crippen LogP) is 0.284. The molecule has 3 amide bonds. The molecule has 1 aromatic rings. The lowest BCUT2D eigenvalue weighted by molar-refractivity contribution is -0.349. The lowest BCUT2D eigenvalue weighted by Crippen LogP contribution is -2.36. The molecule has 7 heteroatoms. The SMILES string of the molecule is C=[N+]([O-])c1ccc(C(=O)NCCN2CCNC2=O)cc1. The van der Waals surface area contributed by atoms with Crippen molar-refractivity contribution in [2.75, 3.05) is 26.2 Å². The number of benzene rings is 1. The van der Waals surface area contributed by atoms with Gasteiger partial charge >= 0.3 is 6.03 Å². The summed E-state index contributed by atoms with van der Waals surface area (Å²) in [7, 11) is 0. The summed E-state index contributed by atoms with van der Waals surface area (Å²) in [4.78, 5) is 24.8. The molecule has 0 radical (unpaired) electrons. The van der Waals surface area contributed by atoms with E-state index < -0.39 is 0 Å². The van der Waals surface area contributed by atoms with Gasteiger partial charge in [-0.15, -0.1) is 0 Å². The van der Waals surface area contributed by atoms with E-state index in [1.165, 1.54) is 12.1 Å². The van der Waals surface area contributed by atoms with Gasteiger partial charge in [0.15, 0.2) is 0 Å². The van der Waals surface area contributed by atoms with Crippen LogP contribution in [0.1, 0.15) is 10.4 Å². The first kappa shape index (κ1) is 13.9. The minimum Gasteiger partial charge on any atom is -0.619 e. The van der Waals surface area contributed by atoms with Crippen molar-refractivity contribution in [2.45, 2.75) is 0 Å². The predicted molar refractivity (Wildman–Crippen MR) is 74.2 cm³/mol. The van der Waals surface area contributed by atoms with Gasteiger partial charge in [0.05, 0.1) is 0 Å². The summed E-state index contributed by atoms with van der Waals surface area (Å²) >= 11 is 0. The monoisotopic (exact) mass is 276 g/mol. The van der Waals surface area contributed by atoms with E-state index in [2.05, 4.69) is 17.4 Å². The molecule has 0 saturated carbocycles. The standard InChI is InChI=1S/C13H16N4O3/c1-16(20)11-4-2-10(3-5-11)12(18)14-6-8-17-9-7-15-13(17)19/h2-5H,1,6-9H2,(H,14,18)(H,15,19). The molecule has 0 unspecified atom stereocenters. The topological polar surface area (TPSA) is 87.5 Å². The maximum absolute atomic E-state index is 11.8. The maximum atomic E-state index is 11.8. The van der Waals surface area contributed by atoms with E-state index in [9.17, 15) is 14.8 Å². The highest BCUT2D eigenvalue weighted by molar-refractivity contribution is 5.94. The van der Waals surface area contributed by atoms with Crippen LogP contribution in [0.2, 0.25) is 0 Å². The Morgan fingerprint density at radius 3 is 2.70 bits per heavy atom. The van der Waals surface area contributed by atoms with Crippen LogP contribution in [0.15, 0.2) is 24.3 Å². The average molecular weight is 276 g/mol. The second-order valence-electron chi connectivity index (χ2n) is 4.40. The normalized spacial score (nSPS) is 14.0. The summed E-state index contributed by atoms with van der Waals surface area (Å²) in [5.41, 5.74) is 0.844. The Bertz CT molecular complexity index is 527. The van der Waals surface area contributed by atoms with Crippen LogP contribution in [0, 0.1) is 5.21 Å². The van der Waals surface area contributed by atoms with Crippen molar-refractivity contribution < 1.29 is 14.3 Å². The number of nitrogens with zero attached hydrogens (tertiary/aromatic N) is 2. The summed E-state index contributed by atoms with van der Waals surface area (Å²) in [6.07, 6.45) is 0. The molecule has 0 spiro atoms. The highest BCUT2D eigenvalue weighted by Crippen LogP contribution is 2.11. The number of urea groups is 1. The number of hydrogen-bond donors (Lipinski definition) is 2. The van der Waals surface area contributed by atoms with Gasteiger partial charge in [-0.3, -0.25) is 4.79 Å². The molecular weight excluding hydrogens is 260 g/mol. The summed E-state index contributed by atoms with van der Waals surface area (Å²) in [6.45, 7) is 5.38. The number of amides is 3. The second kappa shape index (κ2) is 6.05. The third-order valence-corrected chi connectivity index (χ3v) is 3.03. The van der Waals surface area contributed by atoms with Gasteiger partial charge < -0.3 is 20.7 Å². The average Bonchev–Trinajstić information content (AvgIpc) is 2.84. The summed E-state index contributed by atoms with van der Waals surface area (Å²) in [5, 5.41) is 16.4. The second-order valence-corrected chi connectivity index (χ2v) is 4.40. The third kappa shape index (κ3) is 3.25. The van der Waals surface area contributed by atoms with E-state index in [-0.39, 0.29) is 11.9 Å². The Morgan fingerprint density at radius 1 is 1.45 bits per heavy atom. The molecule has 2 rings (SSSR count). The van der Waals surface area contributed by atoms with Crippen molar-refractivity contribution in [3.05, 3.63) is 35.0 Å². The van der Waals surface area contributed by atoms with Crippen LogP contribution >= 0.6 is 0 Å². The first-order chi connectivity index (χ1) is 9.58. The highest BCUT2D eigenvalue weighted by Gasteiger charge is 2.18. The zero-order valence-corrected chi connectivity index (χ0v) is 11.0. The fourth-order valence-electron chi connectivity index (χ4n) is 1.91. The Hall–Kier alpha value is -2.57. The summed E-state index contributed by atoms with van der Waals surface area (Å²) in [5.74, 6) is -0.238. The smallest absolute Gasteiger partial charge is 0.317 e. The maximum Gasteiger partial charge on any atom is 0.317 e. The zero-order valence-electron chi connectivity index (χ0n) is 11.0. The van der Waals surface area contributed by atoms with Crippen molar-refractivity contribution in [3.63, 3.8) is 0 Å². The summed E-state index contributed by atoms with van der Waals surface area (Å²) in [6, 6.07) is 6.08. The van der Waals surface area contributed by atoms with Crippen molar-refractivity contribution in [1.29, 1.82) is 0 Å². The van der Waals surface area contributed by atoms with E-state index in [4.69, 9.17) is 0 Å². The molecule has 0 atom stereocenters. The molecule has 106 valence electrons. The van der Waals surface area contributed by atoms with Crippen LogP contribution in [-0.2, 0) is 0 Å². The van der Waals surface area contributed by atoms with Gasteiger partial charge in [0.1, 0.15) is 6.72 Å². The van der Waals surface area contributed by atoms with Crippen LogP contribution in [-0.4, -0.2) is 54.5 Å². The van der Waals surface area contributed by atoms with E-state index in [1.54, 1.807) is 17.0 Å². The van der Waals surface area contributed by atoms with Gasteiger partial charge in [-0.2, -0.15) is 4.74 Å². The number of carbonyl (C=O) groups excluding carboxylic acids is 2. The molecule has 1 saturated heterocycles. The van der Waals surface area contributed by atoms with Gasteiger partial charge in [0.2, 0.25) is 5.69 Å². The van der Waals surface area contributed by atoms with E-state index in [0.29, 0.717) is 42.2 Å². The zero-order chi connectivity index (χ0) is 14.5.